The number of hydrogen-bond donors (Lipinski definition) is 1. The molecule has 0 bridgehead atoms. The first-order valence-corrected chi connectivity index (χ1v) is 11.1. The fourth-order valence-corrected chi connectivity index (χ4v) is 5.49. The summed E-state index contributed by atoms with van der Waals surface area (Å²) in [6.45, 7) is 2.77. The predicted molar refractivity (Wildman–Crippen MR) is 119 cm³/mol. The Kier molecular flexibility index (Phi) is 4.92. The molecule has 2 aromatic carbocycles. The van der Waals surface area contributed by atoms with Crippen molar-refractivity contribution in [2.24, 2.45) is 11.3 Å². The van der Waals surface area contributed by atoms with Gasteiger partial charge >= 0.3 is 6.03 Å². The summed E-state index contributed by atoms with van der Waals surface area (Å²) in [5.41, 5.74) is 0.544. The van der Waals surface area contributed by atoms with Crippen molar-refractivity contribution in [3.05, 3.63) is 69.8 Å². The third kappa shape index (κ3) is 3.26. The van der Waals surface area contributed by atoms with Crippen LogP contribution in [-0.4, -0.2) is 40.3 Å². The number of amides is 4. The lowest BCUT2D eigenvalue weighted by Crippen LogP contribution is -2.72. The van der Waals surface area contributed by atoms with Gasteiger partial charge in [0.2, 0.25) is 11.8 Å². The van der Waals surface area contributed by atoms with Crippen LogP contribution in [0.4, 0.5) is 16.2 Å². The van der Waals surface area contributed by atoms with Crippen LogP contribution in [0.1, 0.15) is 30.9 Å². The normalized spacial score (nSPS) is 26.6. The molecule has 5 rings (SSSR count). The summed E-state index contributed by atoms with van der Waals surface area (Å²) in [4.78, 5) is 54.2. The highest BCUT2D eigenvalue weighted by Crippen LogP contribution is 2.49. The quantitative estimate of drug-likeness (QED) is 0.439. The lowest BCUT2D eigenvalue weighted by Gasteiger charge is -2.54. The van der Waals surface area contributed by atoms with Gasteiger partial charge in [0.05, 0.1) is 17.5 Å². The van der Waals surface area contributed by atoms with E-state index in [2.05, 4.69) is 12.2 Å². The molecule has 1 N–H and O–H groups in total. The summed E-state index contributed by atoms with van der Waals surface area (Å²) < 4.78 is 0. The molecular weight excluding hydrogens is 424 g/mol. The number of nitro benzene ring substituents is 1. The van der Waals surface area contributed by atoms with Crippen molar-refractivity contribution in [3.8, 4) is 0 Å². The predicted octanol–water partition coefficient (Wildman–Crippen LogP) is 3.02. The number of benzene rings is 2. The molecule has 2 aromatic rings. The van der Waals surface area contributed by atoms with Crippen molar-refractivity contribution in [2.75, 3.05) is 11.4 Å². The number of rotatable bonds is 3. The molecule has 2 fully saturated rings. The third-order valence-electron chi connectivity index (χ3n) is 7.17. The second-order valence-corrected chi connectivity index (χ2v) is 9.19. The van der Waals surface area contributed by atoms with Gasteiger partial charge in [-0.1, -0.05) is 37.3 Å². The molecular formula is C24H24N4O5. The Balaban J connectivity index is 1.62. The van der Waals surface area contributed by atoms with Crippen LogP contribution in [0.2, 0.25) is 0 Å². The van der Waals surface area contributed by atoms with Gasteiger partial charge < -0.3 is 4.90 Å². The molecule has 0 radical (unpaired) electrons. The monoisotopic (exact) mass is 448 g/mol. The molecule has 0 aliphatic carbocycles. The van der Waals surface area contributed by atoms with Crippen molar-refractivity contribution >= 4 is 29.2 Å². The Morgan fingerprint density at radius 1 is 1.15 bits per heavy atom. The Labute approximate surface area is 190 Å². The number of piperidine rings is 1. The van der Waals surface area contributed by atoms with E-state index in [1.165, 1.54) is 12.1 Å². The van der Waals surface area contributed by atoms with Gasteiger partial charge in [-0.3, -0.25) is 29.9 Å². The van der Waals surface area contributed by atoms with E-state index in [0.717, 1.165) is 22.6 Å². The first-order chi connectivity index (χ1) is 15.8. The molecule has 9 nitrogen and oxygen atoms in total. The maximum Gasteiger partial charge on any atom is 0.331 e. The SMILES string of the molecule is C[C@@H]1CCN2c3ccc([N+](=O)[O-])cc3C[C@]3(C(=O)NC(=O)N(Cc4ccccc4)C3=O)[C@H]2C1. The highest BCUT2D eigenvalue weighted by molar-refractivity contribution is 6.20. The zero-order chi connectivity index (χ0) is 23.3. The molecule has 3 aliphatic rings. The van der Waals surface area contributed by atoms with E-state index >= 15 is 0 Å². The molecule has 2 saturated heterocycles. The van der Waals surface area contributed by atoms with Crippen LogP contribution in [0.5, 0.6) is 0 Å². The molecule has 170 valence electrons. The van der Waals surface area contributed by atoms with Crippen LogP contribution >= 0.6 is 0 Å². The number of carbonyl (C=O) groups excluding carboxylic acids is 3. The Hall–Kier alpha value is -3.75. The second-order valence-electron chi connectivity index (χ2n) is 9.19. The van der Waals surface area contributed by atoms with Gasteiger partial charge in [-0.05, 0) is 36.0 Å². The second kappa shape index (κ2) is 7.68. The van der Waals surface area contributed by atoms with E-state index in [0.29, 0.717) is 24.4 Å². The van der Waals surface area contributed by atoms with E-state index in [1.807, 2.05) is 35.2 Å². The number of nitro groups is 1. The molecule has 3 heterocycles. The van der Waals surface area contributed by atoms with Crippen molar-refractivity contribution in [2.45, 2.75) is 38.8 Å². The third-order valence-corrected chi connectivity index (χ3v) is 7.17. The number of carbonyl (C=O) groups is 3. The maximum atomic E-state index is 14.0. The van der Waals surface area contributed by atoms with Crippen LogP contribution < -0.4 is 10.2 Å². The van der Waals surface area contributed by atoms with Gasteiger partial charge in [0.1, 0.15) is 0 Å². The number of fused-ring (bicyclic) bond motifs is 4. The Morgan fingerprint density at radius 2 is 1.91 bits per heavy atom. The van der Waals surface area contributed by atoms with Crippen LogP contribution in [0.3, 0.4) is 0 Å². The summed E-state index contributed by atoms with van der Waals surface area (Å²) in [5.74, 6) is -0.868. The smallest absolute Gasteiger partial charge is 0.331 e. The summed E-state index contributed by atoms with van der Waals surface area (Å²) in [6, 6.07) is 12.6. The van der Waals surface area contributed by atoms with Crippen molar-refractivity contribution < 1.29 is 19.3 Å². The largest absolute Gasteiger partial charge is 0.367 e. The summed E-state index contributed by atoms with van der Waals surface area (Å²) in [5, 5.41) is 13.8. The maximum absolute atomic E-state index is 14.0. The van der Waals surface area contributed by atoms with Gasteiger partial charge in [-0.25, -0.2) is 4.79 Å². The van der Waals surface area contributed by atoms with Gasteiger partial charge in [0.15, 0.2) is 5.41 Å². The molecule has 0 unspecified atom stereocenters. The molecule has 33 heavy (non-hydrogen) atoms. The van der Waals surface area contributed by atoms with Crippen LogP contribution in [0, 0.1) is 21.4 Å². The van der Waals surface area contributed by atoms with Gasteiger partial charge in [0, 0.05) is 30.8 Å². The van der Waals surface area contributed by atoms with E-state index in [9.17, 15) is 24.5 Å². The Morgan fingerprint density at radius 3 is 2.64 bits per heavy atom. The van der Waals surface area contributed by atoms with Crippen LogP contribution in [0.25, 0.3) is 0 Å². The van der Waals surface area contributed by atoms with Gasteiger partial charge in [-0.2, -0.15) is 0 Å². The average molecular weight is 448 g/mol. The minimum atomic E-state index is -1.53. The summed E-state index contributed by atoms with van der Waals surface area (Å²) in [7, 11) is 0. The summed E-state index contributed by atoms with van der Waals surface area (Å²) in [6.07, 6.45) is 1.51. The summed E-state index contributed by atoms with van der Waals surface area (Å²) >= 11 is 0. The highest BCUT2D eigenvalue weighted by Gasteiger charge is 2.62. The fraction of sp³-hybridized carbons (Fsp3) is 0.375. The first kappa shape index (κ1) is 21.1. The number of nitrogens with zero attached hydrogens (tertiary/aromatic N) is 3. The number of nitrogens with one attached hydrogen (secondary N) is 1. The number of imide groups is 2. The molecule has 3 aliphatic heterocycles. The number of non-ortho nitro benzene ring substituents is 1. The van der Waals surface area contributed by atoms with E-state index in [-0.39, 0.29) is 18.7 Å². The van der Waals surface area contributed by atoms with Crippen molar-refractivity contribution in [1.29, 1.82) is 0 Å². The minimum Gasteiger partial charge on any atom is -0.367 e. The standard InChI is InChI=1S/C24H24N4O5/c1-15-9-10-26-19-8-7-18(28(32)33)12-17(19)13-24(20(26)11-15)21(29)25-23(31)27(22(24)30)14-16-5-3-2-4-6-16/h2-8,12,15,20H,9-11,13-14H2,1H3,(H,25,29,31)/t15-,20-,24-/m1/s1. The van der Waals surface area contributed by atoms with E-state index < -0.39 is 34.2 Å². The number of anilines is 1. The molecule has 3 atom stereocenters. The van der Waals surface area contributed by atoms with E-state index in [4.69, 9.17) is 0 Å². The Bertz CT molecular complexity index is 1170. The average Bonchev–Trinajstić information content (AvgIpc) is 2.80. The highest BCUT2D eigenvalue weighted by atomic mass is 16.6. The van der Waals surface area contributed by atoms with Crippen molar-refractivity contribution in [1.82, 2.24) is 10.2 Å². The van der Waals surface area contributed by atoms with Gasteiger partial charge in [0.25, 0.3) is 5.69 Å². The lowest BCUT2D eigenvalue weighted by molar-refractivity contribution is -0.384. The van der Waals surface area contributed by atoms with Crippen LogP contribution in [0.15, 0.2) is 48.5 Å². The van der Waals surface area contributed by atoms with E-state index in [1.54, 1.807) is 6.07 Å². The fourth-order valence-electron chi connectivity index (χ4n) is 5.49. The topological polar surface area (TPSA) is 113 Å². The van der Waals surface area contributed by atoms with Crippen molar-refractivity contribution in [3.63, 3.8) is 0 Å². The molecule has 1 spiro atoms. The molecule has 4 amide bonds. The lowest BCUT2D eigenvalue weighted by atomic mass is 9.64. The number of hydrogen-bond acceptors (Lipinski definition) is 6. The zero-order valence-corrected chi connectivity index (χ0v) is 18.2. The number of urea groups is 1. The zero-order valence-electron chi connectivity index (χ0n) is 18.2. The van der Waals surface area contributed by atoms with Gasteiger partial charge in [-0.15, -0.1) is 0 Å². The molecule has 9 heteroatoms. The van der Waals surface area contributed by atoms with Crippen LogP contribution in [-0.2, 0) is 22.6 Å². The minimum absolute atomic E-state index is 0.0150. The molecule has 0 aromatic heterocycles. The first-order valence-electron chi connectivity index (χ1n) is 11.1. The number of barbiturate groups is 1. The molecule has 0 saturated carbocycles.